The number of nitrogens with zero attached hydrogens (tertiary/aromatic N) is 1. The fraction of sp³-hybridized carbons (Fsp3) is 0.381. The molecule has 2 aromatic carbocycles. The molecule has 136 valence electrons. The minimum Gasteiger partial charge on any atom is -0.489 e. The molecule has 2 aromatic rings. The van der Waals surface area contributed by atoms with Gasteiger partial charge in [0.15, 0.2) is 0 Å². The molecule has 0 radical (unpaired) electrons. The molecule has 2 aliphatic heterocycles. The van der Waals surface area contributed by atoms with Gasteiger partial charge in [0.1, 0.15) is 12.4 Å². The second-order valence-electron chi connectivity index (χ2n) is 7.05. The van der Waals surface area contributed by atoms with Gasteiger partial charge in [0.05, 0.1) is 25.2 Å². The summed E-state index contributed by atoms with van der Waals surface area (Å²) in [5.74, 6) is 0.922. The molecule has 1 amide bonds. The lowest BCUT2D eigenvalue weighted by Crippen LogP contribution is -2.41. The maximum absolute atomic E-state index is 12.1. The van der Waals surface area contributed by atoms with Gasteiger partial charge in [-0.3, -0.25) is 9.69 Å². The third kappa shape index (κ3) is 4.23. The standard InChI is InChI=1S/C21H24N2O3/c24-21-18-11-23(12-19(22-21)15-25-14-18)10-16-6-8-20(9-7-16)26-13-17-4-2-1-3-5-17/h1-9,18-19H,10-15H2,(H,22,24)/t18-,19+/m1/s1. The lowest BCUT2D eigenvalue weighted by molar-refractivity contribution is -0.125. The summed E-state index contributed by atoms with van der Waals surface area (Å²) < 4.78 is 11.4. The van der Waals surface area contributed by atoms with E-state index in [1.807, 2.05) is 30.3 Å². The molecule has 5 heteroatoms. The van der Waals surface area contributed by atoms with Gasteiger partial charge in [-0.1, -0.05) is 42.5 Å². The predicted octanol–water partition coefficient (Wildman–Crippen LogP) is 2.21. The number of hydrogen-bond acceptors (Lipinski definition) is 4. The van der Waals surface area contributed by atoms with Crippen molar-refractivity contribution in [3.05, 3.63) is 65.7 Å². The molecule has 2 aliphatic rings. The molecular formula is C21H24N2O3. The van der Waals surface area contributed by atoms with Crippen molar-refractivity contribution in [2.45, 2.75) is 19.2 Å². The van der Waals surface area contributed by atoms with Gasteiger partial charge in [-0.15, -0.1) is 0 Å². The van der Waals surface area contributed by atoms with Gasteiger partial charge in [-0.2, -0.15) is 0 Å². The topological polar surface area (TPSA) is 50.8 Å². The highest BCUT2D eigenvalue weighted by Gasteiger charge is 2.32. The molecular weight excluding hydrogens is 328 g/mol. The van der Waals surface area contributed by atoms with Crippen LogP contribution in [0.2, 0.25) is 0 Å². The van der Waals surface area contributed by atoms with Crippen LogP contribution >= 0.6 is 0 Å². The SMILES string of the molecule is O=C1N[C@@H]2COC[C@H]1CN(Cc1ccc(OCc3ccccc3)cc1)C2. The molecule has 0 aliphatic carbocycles. The predicted molar refractivity (Wildman–Crippen MR) is 98.7 cm³/mol. The minimum atomic E-state index is -0.0732. The number of benzene rings is 2. The van der Waals surface area contributed by atoms with Crippen molar-refractivity contribution in [3.8, 4) is 5.75 Å². The molecule has 2 saturated heterocycles. The second kappa shape index (κ2) is 7.89. The summed E-state index contributed by atoms with van der Waals surface area (Å²) in [4.78, 5) is 14.4. The Labute approximate surface area is 153 Å². The molecule has 2 bridgehead atoms. The van der Waals surface area contributed by atoms with E-state index in [1.54, 1.807) is 0 Å². The van der Waals surface area contributed by atoms with Crippen LogP contribution in [0.1, 0.15) is 11.1 Å². The van der Waals surface area contributed by atoms with Gasteiger partial charge < -0.3 is 14.8 Å². The van der Waals surface area contributed by atoms with Gasteiger partial charge in [0.25, 0.3) is 0 Å². The average molecular weight is 352 g/mol. The molecule has 2 atom stereocenters. The monoisotopic (exact) mass is 352 g/mol. The summed E-state index contributed by atoms with van der Waals surface area (Å²) in [6, 6.07) is 18.5. The van der Waals surface area contributed by atoms with E-state index < -0.39 is 0 Å². The molecule has 5 nitrogen and oxygen atoms in total. The van der Waals surface area contributed by atoms with E-state index in [9.17, 15) is 4.79 Å². The highest BCUT2D eigenvalue weighted by molar-refractivity contribution is 5.79. The van der Waals surface area contributed by atoms with Crippen LogP contribution < -0.4 is 10.1 Å². The zero-order chi connectivity index (χ0) is 17.8. The smallest absolute Gasteiger partial charge is 0.227 e. The van der Waals surface area contributed by atoms with Gasteiger partial charge in [-0.05, 0) is 23.3 Å². The zero-order valence-electron chi connectivity index (χ0n) is 14.8. The number of hydrogen-bond donors (Lipinski definition) is 1. The maximum Gasteiger partial charge on any atom is 0.227 e. The molecule has 1 N–H and O–H groups in total. The first kappa shape index (κ1) is 17.1. The molecule has 2 fully saturated rings. The first-order valence-corrected chi connectivity index (χ1v) is 9.12. The number of nitrogens with one attached hydrogen (secondary N) is 1. The molecule has 0 unspecified atom stereocenters. The van der Waals surface area contributed by atoms with E-state index in [2.05, 4.69) is 34.5 Å². The second-order valence-corrected chi connectivity index (χ2v) is 7.05. The average Bonchev–Trinajstić information content (AvgIpc) is 2.90. The summed E-state index contributed by atoms with van der Waals surface area (Å²) in [6.45, 7) is 4.10. The Bertz CT molecular complexity index is 733. The Balaban J connectivity index is 1.34. The number of ether oxygens (including phenoxy) is 2. The van der Waals surface area contributed by atoms with E-state index in [1.165, 1.54) is 5.56 Å². The quantitative estimate of drug-likeness (QED) is 0.896. The van der Waals surface area contributed by atoms with Crippen LogP contribution in [0, 0.1) is 5.92 Å². The van der Waals surface area contributed by atoms with Crippen molar-refractivity contribution >= 4 is 5.91 Å². The van der Waals surface area contributed by atoms with Crippen LogP contribution in [0.4, 0.5) is 0 Å². The van der Waals surface area contributed by atoms with Crippen molar-refractivity contribution in [2.24, 2.45) is 5.92 Å². The van der Waals surface area contributed by atoms with Crippen LogP contribution in [0.25, 0.3) is 0 Å². The Morgan fingerprint density at radius 1 is 1.00 bits per heavy atom. The van der Waals surface area contributed by atoms with Crippen molar-refractivity contribution in [3.63, 3.8) is 0 Å². The van der Waals surface area contributed by atoms with E-state index in [-0.39, 0.29) is 17.9 Å². The zero-order valence-corrected chi connectivity index (χ0v) is 14.8. The van der Waals surface area contributed by atoms with Gasteiger partial charge in [0.2, 0.25) is 5.91 Å². The van der Waals surface area contributed by atoms with Crippen LogP contribution in [0.3, 0.4) is 0 Å². The molecule has 0 aromatic heterocycles. The fourth-order valence-corrected chi connectivity index (χ4v) is 3.54. The van der Waals surface area contributed by atoms with Crippen molar-refractivity contribution in [1.82, 2.24) is 10.2 Å². The molecule has 2 heterocycles. The fourth-order valence-electron chi connectivity index (χ4n) is 3.54. The van der Waals surface area contributed by atoms with E-state index in [0.29, 0.717) is 19.8 Å². The Hall–Kier alpha value is -2.37. The summed E-state index contributed by atoms with van der Waals surface area (Å²) in [6.07, 6.45) is 0. The number of carbonyl (C=O) groups excluding carboxylic acids is 1. The lowest BCUT2D eigenvalue weighted by atomic mass is 10.1. The highest BCUT2D eigenvalue weighted by atomic mass is 16.5. The van der Waals surface area contributed by atoms with E-state index >= 15 is 0 Å². The van der Waals surface area contributed by atoms with Crippen LogP contribution in [-0.2, 0) is 22.7 Å². The summed E-state index contributed by atoms with van der Waals surface area (Å²) in [5, 5.41) is 3.07. The molecule has 26 heavy (non-hydrogen) atoms. The Morgan fingerprint density at radius 2 is 1.81 bits per heavy atom. The van der Waals surface area contributed by atoms with Crippen LogP contribution in [-0.4, -0.2) is 43.2 Å². The first-order valence-electron chi connectivity index (χ1n) is 9.12. The largest absolute Gasteiger partial charge is 0.489 e. The minimum absolute atomic E-state index is 0.0732. The van der Waals surface area contributed by atoms with E-state index in [0.717, 1.165) is 30.9 Å². The van der Waals surface area contributed by atoms with Crippen LogP contribution in [0.15, 0.2) is 54.6 Å². The summed E-state index contributed by atoms with van der Waals surface area (Å²) >= 11 is 0. The van der Waals surface area contributed by atoms with Crippen molar-refractivity contribution < 1.29 is 14.3 Å². The lowest BCUT2D eigenvalue weighted by Gasteiger charge is -2.27. The third-order valence-corrected chi connectivity index (χ3v) is 4.89. The highest BCUT2D eigenvalue weighted by Crippen LogP contribution is 2.19. The number of rotatable bonds is 5. The normalized spacial score (nSPS) is 23.2. The van der Waals surface area contributed by atoms with Crippen molar-refractivity contribution in [1.29, 1.82) is 0 Å². The number of carbonyl (C=O) groups is 1. The number of fused-ring (bicyclic) bond motifs is 3. The Morgan fingerprint density at radius 3 is 2.62 bits per heavy atom. The first-order chi connectivity index (χ1) is 12.8. The van der Waals surface area contributed by atoms with Crippen molar-refractivity contribution in [2.75, 3.05) is 26.3 Å². The van der Waals surface area contributed by atoms with E-state index in [4.69, 9.17) is 9.47 Å². The van der Waals surface area contributed by atoms with Gasteiger partial charge >= 0.3 is 0 Å². The summed E-state index contributed by atoms with van der Waals surface area (Å²) in [5.41, 5.74) is 2.39. The third-order valence-electron chi connectivity index (χ3n) is 4.89. The Kier molecular flexibility index (Phi) is 5.18. The van der Waals surface area contributed by atoms with Gasteiger partial charge in [0, 0.05) is 19.6 Å². The number of amides is 1. The van der Waals surface area contributed by atoms with Crippen LogP contribution in [0.5, 0.6) is 5.75 Å². The molecule has 0 spiro atoms. The van der Waals surface area contributed by atoms with Gasteiger partial charge in [-0.25, -0.2) is 0 Å². The molecule has 0 saturated carbocycles. The maximum atomic E-state index is 12.1. The molecule has 4 rings (SSSR count). The summed E-state index contributed by atoms with van der Waals surface area (Å²) in [7, 11) is 0.